The number of carbonyl (C=O) groups is 1. The number of rotatable bonds is 4. The second-order valence-electron chi connectivity index (χ2n) is 4.60. The van der Waals surface area contributed by atoms with Gasteiger partial charge in [-0.3, -0.25) is 4.79 Å². The molecule has 0 spiro atoms. The second kappa shape index (κ2) is 5.74. The first-order valence-electron chi connectivity index (χ1n) is 6.49. The predicted molar refractivity (Wildman–Crippen MR) is 85.3 cm³/mol. The first-order valence-corrected chi connectivity index (χ1v) is 7.62. The third-order valence-electron chi connectivity index (χ3n) is 3.39. The summed E-state index contributed by atoms with van der Waals surface area (Å²) >= 11 is 3.44. The van der Waals surface area contributed by atoms with Gasteiger partial charge in [-0.05, 0) is 30.3 Å². The molecule has 0 atom stereocenters. The highest BCUT2D eigenvalue weighted by molar-refractivity contribution is 9.08. The maximum Gasteiger partial charge on any atom is 0.228 e. The van der Waals surface area contributed by atoms with Crippen molar-refractivity contribution in [3.8, 4) is 5.75 Å². The van der Waals surface area contributed by atoms with E-state index in [-0.39, 0.29) is 5.78 Å². The molecule has 0 aliphatic rings. The van der Waals surface area contributed by atoms with Crippen molar-refractivity contribution in [2.75, 3.05) is 7.11 Å². The van der Waals surface area contributed by atoms with Gasteiger partial charge in [0.1, 0.15) is 11.3 Å². The normalized spacial score (nSPS) is 10.8. The number of ketones is 1. The number of furan rings is 1. The van der Waals surface area contributed by atoms with Gasteiger partial charge >= 0.3 is 0 Å². The van der Waals surface area contributed by atoms with E-state index >= 15 is 0 Å². The van der Waals surface area contributed by atoms with E-state index < -0.39 is 0 Å². The summed E-state index contributed by atoms with van der Waals surface area (Å²) in [5.74, 6) is 0.985. The lowest BCUT2D eigenvalue weighted by Gasteiger charge is -2.02. The maximum atomic E-state index is 12.6. The van der Waals surface area contributed by atoms with Crippen molar-refractivity contribution in [2.45, 2.75) is 5.33 Å². The van der Waals surface area contributed by atoms with Crippen molar-refractivity contribution in [1.82, 2.24) is 0 Å². The molecule has 3 nitrogen and oxygen atoms in total. The summed E-state index contributed by atoms with van der Waals surface area (Å²) in [7, 11) is 1.60. The molecule has 4 heteroatoms. The fourth-order valence-corrected chi connectivity index (χ4v) is 2.85. The van der Waals surface area contributed by atoms with Crippen molar-refractivity contribution in [3.63, 3.8) is 0 Å². The van der Waals surface area contributed by atoms with Gasteiger partial charge in [-0.1, -0.05) is 34.1 Å². The number of methoxy groups -OCH3 is 1. The minimum Gasteiger partial charge on any atom is -0.497 e. The van der Waals surface area contributed by atoms with Gasteiger partial charge in [-0.15, -0.1) is 0 Å². The summed E-state index contributed by atoms with van der Waals surface area (Å²) < 4.78 is 10.9. The molecule has 0 fully saturated rings. The molecule has 3 aromatic rings. The molecule has 1 heterocycles. The number of hydrogen-bond acceptors (Lipinski definition) is 3. The number of fused-ring (bicyclic) bond motifs is 1. The minimum absolute atomic E-state index is 0.122. The van der Waals surface area contributed by atoms with E-state index in [1.807, 2.05) is 24.3 Å². The quantitative estimate of drug-likeness (QED) is 0.514. The molecule has 0 N–H and O–H groups in total. The van der Waals surface area contributed by atoms with Gasteiger partial charge in [0.25, 0.3) is 0 Å². The van der Waals surface area contributed by atoms with Crippen LogP contribution in [0.3, 0.4) is 0 Å². The molecule has 0 aliphatic heterocycles. The Morgan fingerprint density at radius 3 is 2.52 bits per heavy atom. The summed E-state index contributed by atoms with van der Waals surface area (Å²) in [4.78, 5) is 12.6. The van der Waals surface area contributed by atoms with Crippen LogP contribution in [0.15, 0.2) is 52.9 Å². The zero-order chi connectivity index (χ0) is 14.8. The summed E-state index contributed by atoms with van der Waals surface area (Å²) in [5.41, 5.74) is 2.19. The second-order valence-corrected chi connectivity index (χ2v) is 5.16. The van der Waals surface area contributed by atoms with Crippen LogP contribution >= 0.6 is 15.9 Å². The summed E-state index contributed by atoms with van der Waals surface area (Å²) in [6.45, 7) is 0. The van der Waals surface area contributed by atoms with Crippen LogP contribution in [0.4, 0.5) is 0 Å². The van der Waals surface area contributed by atoms with Crippen LogP contribution in [0, 0.1) is 0 Å². The zero-order valence-electron chi connectivity index (χ0n) is 11.4. The Balaban J connectivity index is 2.08. The lowest BCUT2D eigenvalue weighted by atomic mass is 10.0. The highest BCUT2D eigenvalue weighted by Crippen LogP contribution is 2.29. The molecule has 0 amide bonds. The number of alkyl halides is 1. The van der Waals surface area contributed by atoms with Gasteiger partial charge in [-0.25, -0.2) is 0 Å². The van der Waals surface area contributed by atoms with Crippen molar-refractivity contribution in [2.24, 2.45) is 0 Å². The third-order valence-corrected chi connectivity index (χ3v) is 3.95. The Bertz CT molecular complexity index is 787. The maximum absolute atomic E-state index is 12.6. The van der Waals surface area contributed by atoms with E-state index in [4.69, 9.17) is 9.15 Å². The molecule has 0 saturated carbocycles. The highest BCUT2D eigenvalue weighted by Gasteiger charge is 2.20. The molecule has 106 valence electrons. The van der Waals surface area contributed by atoms with Crippen LogP contribution in [0.1, 0.15) is 21.7 Å². The molecule has 21 heavy (non-hydrogen) atoms. The SMILES string of the molecule is COc1ccc(C(=O)c2oc3ccccc3c2CBr)cc1. The molecule has 1 aromatic heterocycles. The number of benzene rings is 2. The number of hydrogen-bond donors (Lipinski definition) is 0. The number of ether oxygens (including phenoxy) is 1. The average Bonchev–Trinajstić information content (AvgIpc) is 2.92. The van der Waals surface area contributed by atoms with Crippen LogP contribution in [0.2, 0.25) is 0 Å². The fourth-order valence-electron chi connectivity index (χ4n) is 2.29. The lowest BCUT2D eigenvalue weighted by Crippen LogP contribution is -2.02. The van der Waals surface area contributed by atoms with Gasteiger partial charge in [0, 0.05) is 21.8 Å². The first-order chi connectivity index (χ1) is 10.2. The van der Waals surface area contributed by atoms with Crippen LogP contribution < -0.4 is 4.74 Å². The monoisotopic (exact) mass is 344 g/mol. The van der Waals surface area contributed by atoms with Crippen molar-refractivity contribution in [3.05, 3.63) is 65.4 Å². The molecule has 3 rings (SSSR count). The Morgan fingerprint density at radius 1 is 1.14 bits per heavy atom. The average molecular weight is 345 g/mol. The molecule has 0 unspecified atom stereocenters. The van der Waals surface area contributed by atoms with Crippen molar-refractivity contribution >= 4 is 32.7 Å². The molecular formula is C17H13BrO3. The van der Waals surface area contributed by atoms with Crippen LogP contribution in [-0.4, -0.2) is 12.9 Å². The topological polar surface area (TPSA) is 39.4 Å². The fraction of sp³-hybridized carbons (Fsp3) is 0.118. The lowest BCUT2D eigenvalue weighted by molar-refractivity contribution is 0.101. The van der Waals surface area contributed by atoms with Crippen molar-refractivity contribution in [1.29, 1.82) is 0 Å². The molecular weight excluding hydrogens is 332 g/mol. The highest BCUT2D eigenvalue weighted by atomic mass is 79.9. The van der Waals surface area contributed by atoms with E-state index in [1.165, 1.54) is 0 Å². The van der Waals surface area contributed by atoms with Crippen LogP contribution in [0.25, 0.3) is 11.0 Å². The molecule has 0 bridgehead atoms. The Morgan fingerprint density at radius 2 is 1.86 bits per heavy atom. The third kappa shape index (κ3) is 2.47. The Labute approximate surface area is 130 Å². The van der Waals surface area contributed by atoms with Gasteiger partial charge in [0.2, 0.25) is 5.78 Å². The van der Waals surface area contributed by atoms with Crippen LogP contribution in [0.5, 0.6) is 5.75 Å². The van der Waals surface area contributed by atoms with E-state index in [0.29, 0.717) is 16.7 Å². The van der Waals surface area contributed by atoms with E-state index in [2.05, 4.69) is 15.9 Å². The van der Waals surface area contributed by atoms with Crippen molar-refractivity contribution < 1.29 is 13.9 Å². The smallest absolute Gasteiger partial charge is 0.228 e. The Hall–Kier alpha value is -2.07. The van der Waals surface area contributed by atoms with E-state index in [0.717, 1.165) is 22.3 Å². The molecule has 0 aliphatic carbocycles. The largest absolute Gasteiger partial charge is 0.497 e. The number of halogens is 1. The number of carbonyl (C=O) groups excluding carboxylic acids is 1. The van der Waals surface area contributed by atoms with Crippen LogP contribution in [-0.2, 0) is 5.33 Å². The Kier molecular flexibility index (Phi) is 3.80. The first kappa shape index (κ1) is 13.9. The van der Waals surface area contributed by atoms with E-state index in [9.17, 15) is 4.79 Å². The summed E-state index contributed by atoms with van der Waals surface area (Å²) in [6.07, 6.45) is 0. The van der Waals surface area contributed by atoms with Gasteiger partial charge in [0.15, 0.2) is 5.76 Å². The molecule has 0 saturated heterocycles. The standard InChI is InChI=1S/C17H13BrO3/c1-20-12-8-6-11(7-9-12)16(19)17-14(10-18)13-4-2-3-5-15(13)21-17/h2-9H,10H2,1H3. The summed E-state index contributed by atoms with van der Waals surface area (Å²) in [5, 5.41) is 1.53. The van der Waals surface area contributed by atoms with Gasteiger partial charge in [0.05, 0.1) is 7.11 Å². The zero-order valence-corrected chi connectivity index (χ0v) is 13.0. The number of para-hydroxylation sites is 1. The minimum atomic E-state index is -0.122. The van der Waals surface area contributed by atoms with Gasteiger partial charge in [-0.2, -0.15) is 0 Å². The predicted octanol–water partition coefficient (Wildman–Crippen LogP) is 4.57. The molecule has 0 radical (unpaired) electrons. The summed E-state index contributed by atoms with van der Waals surface area (Å²) in [6, 6.07) is 14.7. The molecule has 2 aromatic carbocycles. The van der Waals surface area contributed by atoms with Gasteiger partial charge < -0.3 is 9.15 Å². The van der Waals surface area contributed by atoms with E-state index in [1.54, 1.807) is 31.4 Å².